The number of benzene rings is 1. The molecule has 14 heavy (non-hydrogen) atoms. The van der Waals surface area contributed by atoms with E-state index in [2.05, 4.69) is 20.9 Å². The van der Waals surface area contributed by atoms with Gasteiger partial charge >= 0.3 is 0 Å². The zero-order valence-electron chi connectivity index (χ0n) is 7.31. The summed E-state index contributed by atoms with van der Waals surface area (Å²) in [6.45, 7) is 0. The van der Waals surface area contributed by atoms with Crippen LogP contribution in [-0.4, -0.2) is 10.1 Å². The lowest BCUT2D eigenvalue weighted by atomic mass is 10.1. The molecule has 70 valence electrons. The van der Waals surface area contributed by atoms with Gasteiger partial charge < -0.3 is 5.11 Å². The second-order valence-electron chi connectivity index (χ2n) is 2.88. The minimum absolute atomic E-state index is 0.181. The summed E-state index contributed by atoms with van der Waals surface area (Å²) in [5.41, 5.74) is 1.86. The van der Waals surface area contributed by atoms with Gasteiger partial charge in [0, 0.05) is 10.0 Å². The third kappa shape index (κ3) is 1.77. The Morgan fingerprint density at radius 1 is 1.07 bits per heavy atom. The van der Waals surface area contributed by atoms with E-state index in [1.54, 1.807) is 12.1 Å². The summed E-state index contributed by atoms with van der Waals surface area (Å²) >= 11 is 3.45. The summed E-state index contributed by atoms with van der Waals surface area (Å²) in [5, 5.41) is 9.10. The summed E-state index contributed by atoms with van der Waals surface area (Å²) in [4.78, 5) is 4.13. The highest BCUT2D eigenvalue weighted by Crippen LogP contribution is 2.26. The first-order chi connectivity index (χ1) is 6.77. The second kappa shape index (κ2) is 3.80. The van der Waals surface area contributed by atoms with Crippen LogP contribution >= 0.6 is 15.9 Å². The molecule has 1 N–H and O–H groups in total. The van der Waals surface area contributed by atoms with E-state index in [9.17, 15) is 0 Å². The van der Waals surface area contributed by atoms with Gasteiger partial charge in [0.2, 0.25) is 0 Å². The molecule has 3 heteroatoms. The van der Waals surface area contributed by atoms with E-state index in [0.717, 1.165) is 15.7 Å². The lowest BCUT2D eigenvalue weighted by Crippen LogP contribution is -1.83. The van der Waals surface area contributed by atoms with E-state index in [-0.39, 0.29) is 5.75 Å². The molecule has 0 saturated carbocycles. The molecule has 2 rings (SSSR count). The Morgan fingerprint density at radius 3 is 2.50 bits per heavy atom. The third-order valence-electron chi connectivity index (χ3n) is 1.90. The van der Waals surface area contributed by atoms with Crippen molar-refractivity contribution in [2.24, 2.45) is 0 Å². The van der Waals surface area contributed by atoms with Crippen molar-refractivity contribution in [2.45, 2.75) is 0 Å². The van der Waals surface area contributed by atoms with E-state index in [0.29, 0.717) is 0 Å². The summed E-state index contributed by atoms with van der Waals surface area (Å²) in [7, 11) is 0. The van der Waals surface area contributed by atoms with E-state index in [1.165, 1.54) is 6.20 Å². The van der Waals surface area contributed by atoms with Gasteiger partial charge in [-0.1, -0.05) is 34.1 Å². The number of pyridine rings is 1. The van der Waals surface area contributed by atoms with Gasteiger partial charge in [-0.3, -0.25) is 4.98 Å². The zero-order valence-corrected chi connectivity index (χ0v) is 8.90. The fourth-order valence-corrected chi connectivity index (χ4v) is 1.70. The first kappa shape index (κ1) is 9.21. The molecule has 0 aliphatic rings. The summed E-state index contributed by atoms with van der Waals surface area (Å²) in [6.07, 6.45) is 1.44. The molecule has 1 heterocycles. The minimum atomic E-state index is 0.181. The van der Waals surface area contributed by atoms with Crippen LogP contribution in [0.25, 0.3) is 11.3 Å². The molecule has 0 aliphatic heterocycles. The van der Waals surface area contributed by atoms with Crippen LogP contribution in [0.3, 0.4) is 0 Å². The molecule has 0 atom stereocenters. The molecule has 1 aromatic heterocycles. The van der Waals surface area contributed by atoms with Crippen molar-refractivity contribution in [2.75, 3.05) is 0 Å². The van der Waals surface area contributed by atoms with Crippen molar-refractivity contribution >= 4 is 15.9 Å². The average molecular weight is 250 g/mol. The maximum atomic E-state index is 9.10. The number of halogens is 1. The molecular formula is C11H8BrNO. The van der Waals surface area contributed by atoms with Crippen LogP contribution in [0.4, 0.5) is 0 Å². The maximum Gasteiger partial charge on any atom is 0.133 e. The molecule has 0 bridgehead atoms. The highest BCUT2D eigenvalue weighted by atomic mass is 79.9. The van der Waals surface area contributed by atoms with Crippen molar-refractivity contribution in [3.8, 4) is 17.0 Å². The van der Waals surface area contributed by atoms with Gasteiger partial charge in [0.05, 0.1) is 11.9 Å². The van der Waals surface area contributed by atoms with Gasteiger partial charge in [-0.15, -0.1) is 0 Å². The van der Waals surface area contributed by atoms with E-state index < -0.39 is 0 Å². The number of hydrogen-bond donors (Lipinski definition) is 1. The van der Waals surface area contributed by atoms with Crippen molar-refractivity contribution < 1.29 is 5.11 Å². The average Bonchev–Trinajstić information content (AvgIpc) is 2.20. The van der Waals surface area contributed by atoms with Gasteiger partial charge in [0.15, 0.2) is 0 Å². The molecule has 0 fully saturated rings. The smallest absolute Gasteiger partial charge is 0.133 e. The quantitative estimate of drug-likeness (QED) is 0.842. The minimum Gasteiger partial charge on any atom is -0.506 e. The van der Waals surface area contributed by atoms with Crippen LogP contribution in [0.1, 0.15) is 0 Å². The molecule has 0 amide bonds. The highest BCUT2D eigenvalue weighted by Gasteiger charge is 2.02. The topological polar surface area (TPSA) is 33.1 Å². The molecule has 0 spiro atoms. The molecule has 0 saturated heterocycles. The standard InChI is InChI=1S/C11H8BrNO/c12-10-4-2-1-3-9(10)11-6-5-8(14)7-13-11/h1-7,14H. The number of aromatic nitrogens is 1. The predicted molar refractivity (Wildman–Crippen MR) is 59.0 cm³/mol. The normalized spacial score (nSPS) is 10.1. The van der Waals surface area contributed by atoms with Crippen LogP contribution in [0.15, 0.2) is 47.1 Å². The van der Waals surface area contributed by atoms with Crippen molar-refractivity contribution in [3.63, 3.8) is 0 Å². The van der Waals surface area contributed by atoms with Crippen molar-refractivity contribution in [1.82, 2.24) is 4.98 Å². The van der Waals surface area contributed by atoms with Gasteiger partial charge in [-0.2, -0.15) is 0 Å². The van der Waals surface area contributed by atoms with Crippen LogP contribution in [0.2, 0.25) is 0 Å². The largest absolute Gasteiger partial charge is 0.506 e. The van der Waals surface area contributed by atoms with Crippen molar-refractivity contribution in [3.05, 3.63) is 47.1 Å². The summed E-state index contributed by atoms with van der Waals surface area (Å²) in [5.74, 6) is 0.181. The Labute approximate surface area is 90.4 Å². The van der Waals surface area contributed by atoms with Crippen LogP contribution < -0.4 is 0 Å². The van der Waals surface area contributed by atoms with Gasteiger partial charge in [0.25, 0.3) is 0 Å². The molecular weight excluding hydrogens is 242 g/mol. The summed E-state index contributed by atoms with van der Waals surface area (Å²) < 4.78 is 0.998. The SMILES string of the molecule is Oc1ccc(-c2ccccc2Br)nc1. The first-order valence-electron chi connectivity index (χ1n) is 4.17. The molecule has 0 radical (unpaired) electrons. The third-order valence-corrected chi connectivity index (χ3v) is 2.59. The van der Waals surface area contributed by atoms with Gasteiger partial charge in [0.1, 0.15) is 5.75 Å². The van der Waals surface area contributed by atoms with E-state index in [4.69, 9.17) is 5.11 Å². The fraction of sp³-hybridized carbons (Fsp3) is 0. The van der Waals surface area contributed by atoms with Crippen LogP contribution in [0, 0.1) is 0 Å². The monoisotopic (exact) mass is 249 g/mol. The maximum absolute atomic E-state index is 9.10. The highest BCUT2D eigenvalue weighted by molar-refractivity contribution is 9.10. The summed E-state index contributed by atoms with van der Waals surface area (Å²) in [6, 6.07) is 11.3. The lowest BCUT2D eigenvalue weighted by Gasteiger charge is -2.02. The van der Waals surface area contributed by atoms with E-state index >= 15 is 0 Å². The van der Waals surface area contributed by atoms with E-state index in [1.807, 2.05) is 24.3 Å². The Kier molecular flexibility index (Phi) is 2.50. The number of rotatable bonds is 1. The molecule has 2 aromatic rings. The van der Waals surface area contributed by atoms with Crippen molar-refractivity contribution in [1.29, 1.82) is 0 Å². The second-order valence-corrected chi connectivity index (χ2v) is 3.74. The molecule has 0 unspecified atom stereocenters. The molecule has 1 aromatic carbocycles. The van der Waals surface area contributed by atoms with Gasteiger partial charge in [-0.05, 0) is 18.2 Å². The Bertz CT molecular complexity index is 439. The Morgan fingerprint density at radius 2 is 1.86 bits per heavy atom. The number of hydrogen-bond acceptors (Lipinski definition) is 2. The number of aromatic hydroxyl groups is 1. The van der Waals surface area contributed by atoms with Crippen LogP contribution in [0.5, 0.6) is 5.75 Å². The Balaban J connectivity index is 2.50. The predicted octanol–water partition coefficient (Wildman–Crippen LogP) is 3.22. The lowest BCUT2D eigenvalue weighted by molar-refractivity contribution is 0.473. The molecule has 0 aliphatic carbocycles. The fourth-order valence-electron chi connectivity index (χ4n) is 1.21. The first-order valence-corrected chi connectivity index (χ1v) is 4.96. The zero-order chi connectivity index (χ0) is 9.97. The van der Waals surface area contributed by atoms with Crippen LogP contribution in [-0.2, 0) is 0 Å². The van der Waals surface area contributed by atoms with Gasteiger partial charge in [-0.25, -0.2) is 0 Å². The molecule has 2 nitrogen and oxygen atoms in total. The Hall–Kier alpha value is -1.35. The number of nitrogens with zero attached hydrogens (tertiary/aromatic N) is 1.